The molecule has 0 aliphatic carbocycles. The summed E-state index contributed by atoms with van der Waals surface area (Å²) >= 11 is 0. The van der Waals surface area contributed by atoms with Crippen molar-refractivity contribution in [2.45, 2.75) is 18.9 Å². The number of fused-ring (bicyclic) bond motifs is 1. The van der Waals surface area contributed by atoms with Crippen LogP contribution in [0.2, 0.25) is 0 Å². The molecule has 9 heteroatoms. The van der Waals surface area contributed by atoms with Crippen molar-refractivity contribution in [3.8, 4) is 5.75 Å². The summed E-state index contributed by atoms with van der Waals surface area (Å²) in [6.07, 6.45) is 2.05. The Morgan fingerprint density at radius 2 is 1.96 bits per heavy atom. The topological polar surface area (TPSA) is 96.0 Å². The predicted octanol–water partition coefficient (Wildman–Crippen LogP) is -0.154. The summed E-state index contributed by atoms with van der Waals surface area (Å²) in [5.41, 5.74) is 0.868. The van der Waals surface area contributed by atoms with Crippen molar-refractivity contribution in [3.05, 3.63) is 29.8 Å². The molecule has 27 heavy (non-hydrogen) atoms. The lowest BCUT2D eigenvalue weighted by atomic mass is 9.82. The van der Waals surface area contributed by atoms with Crippen LogP contribution in [0.25, 0.3) is 0 Å². The highest BCUT2D eigenvalue weighted by Crippen LogP contribution is 2.33. The van der Waals surface area contributed by atoms with Gasteiger partial charge in [0.05, 0.1) is 26.3 Å². The SMILES string of the molecule is COc1ccccc1CC(=O)N1C[C@@H]2CN(C(=O)CNS(C)(=O)=O)CC[C@@H]21. The number of hydrogen-bond acceptors (Lipinski definition) is 5. The number of carbonyl (C=O) groups is 2. The Labute approximate surface area is 159 Å². The van der Waals surface area contributed by atoms with E-state index in [2.05, 4.69) is 4.72 Å². The van der Waals surface area contributed by atoms with E-state index in [4.69, 9.17) is 4.74 Å². The van der Waals surface area contributed by atoms with Crippen molar-refractivity contribution in [2.75, 3.05) is 39.5 Å². The molecule has 0 bridgehead atoms. The fourth-order valence-corrected chi connectivity index (χ4v) is 4.18. The molecule has 148 valence electrons. The van der Waals surface area contributed by atoms with Crippen LogP contribution < -0.4 is 9.46 Å². The second-order valence-corrected chi connectivity index (χ2v) is 8.92. The Kier molecular flexibility index (Phi) is 5.71. The smallest absolute Gasteiger partial charge is 0.237 e. The van der Waals surface area contributed by atoms with Gasteiger partial charge in [-0.15, -0.1) is 0 Å². The van der Waals surface area contributed by atoms with Crippen molar-refractivity contribution in [2.24, 2.45) is 5.92 Å². The molecule has 2 aliphatic rings. The second-order valence-electron chi connectivity index (χ2n) is 7.08. The van der Waals surface area contributed by atoms with Gasteiger partial charge in [-0.25, -0.2) is 13.1 Å². The number of ether oxygens (including phenoxy) is 1. The van der Waals surface area contributed by atoms with E-state index < -0.39 is 10.0 Å². The van der Waals surface area contributed by atoms with Crippen molar-refractivity contribution in [1.82, 2.24) is 14.5 Å². The molecule has 2 atom stereocenters. The molecule has 0 saturated carbocycles. The maximum absolute atomic E-state index is 12.7. The summed E-state index contributed by atoms with van der Waals surface area (Å²) in [6.45, 7) is 1.51. The van der Waals surface area contributed by atoms with Gasteiger partial charge >= 0.3 is 0 Å². The van der Waals surface area contributed by atoms with E-state index in [0.29, 0.717) is 38.2 Å². The summed E-state index contributed by atoms with van der Waals surface area (Å²) in [6, 6.07) is 7.65. The minimum absolute atomic E-state index is 0.0688. The van der Waals surface area contributed by atoms with Gasteiger partial charge in [0.15, 0.2) is 0 Å². The van der Waals surface area contributed by atoms with Gasteiger partial charge in [-0.05, 0) is 12.5 Å². The Morgan fingerprint density at radius 1 is 1.22 bits per heavy atom. The van der Waals surface area contributed by atoms with E-state index in [9.17, 15) is 18.0 Å². The summed E-state index contributed by atoms with van der Waals surface area (Å²) in [4.78, 5) is 28.4. The molecule has 1 aromatic rings. The summed E-state index contributed by atoms with van der Waals surface area (Å²) in [5.74, 6) is 0.807. The van der Waals surface area contributed by atoms with Crippen LogP contribution in [-0.2, 0) is 26.0 Å². The quantitative estimate of drug-likeness (QED) is 0.723. The number of piperidine rings is 1. The average molecular weight is 395 g/mol. The van der Waals surface area contributed by atoms with Crippen LogP contribution in [0.1, 0.15) is 12.0 Å². The van der Waals surface area contributed by atoms with Crippen LogP contribution >= 0.6 is 0 Å². The normalized spacial score (nSPS) is 22.0. The van der Waals surface area contributed by atoms with Crippen molar-refractivity contribution < 1.29 is 22.7 Å². The molecule has 8 nitrogen and oxygen atoms in total. The van der Waals surface area contributed by atoms with Gasteiger partial charge in [0.25, 0.3) is 0 Å². The van der Waals surface area contributed by atoms with Crippen LogP contribution in [0, 0.1) is 5.92 Å². The maximum Gasteiger partial charge on any atom is 0.237 e. The monoisotopic (exact) mass is 395 g/mol. The van der Waals surface area contributed by atoms with Crippen LogP contribution in [-0.4, -0.2) is 75.6 Å². The largest absolute Gasteiger partial charge is 0.496 e. The first-order valence-corrected chi connectivity index (χ1v) is 10.8. The third kappa shape index (κ3) is 4.59. The summed E-state index contributed by atoms with van der Waals surface area (Å²) in [7, 11) is -1.79. The number of likely N-dealkylation sites (tertiary alicyclic amines) is 2. The van der Waals surface area contributed by atoms with E-state index >= 15 is 0 Å². The van der Waals surface area contributed by atoms with Gasteiger partial charge in [-0.1, -0.05) is 18.2 Å². The van der Waals surface area contributed by atoms with E-state index in [1.165, 1.54) is 0 Å². The Morgan fingerprint density at radius 3 is 2.63 bits per heavy atom. The van der Waals surface area contributed by atoms with E-state index in [1.807, 2.05) is 29.2 Å². The zero-order valence-electron chi connectivity index (χ0n) is 15.6. The van der Waals surface area contributed by atoms with Gasteiger partial charge in [0.1, 0.15) is 5.75 Å². The van der Waals surface area contributed by atoms with Crippen LogP contribution in [0.4, 0.5) is 0 Å². The predicted molar refractivity (Wildman–Crippen MR) is 99.7 cm³/mol. The number of benzene rings is 1. The number of rotatable bonds is 6. The Hall–Kier alpha value is -2.13. The van der Waals surface area contributed by atoms with E-state index in [-0.39, 0.29) is 30.3 Å². The first-order chi connectivity index (χ1) is 12.8. The van der Waals surface area contributed by atoms with Gasteiger partial charge in [-0.3, -0.25) is 9.59 Å². The standard InChI is InChI=1S/C18H25N3O5S/c1-26-16-6-4-3-5-13(16)9-17(22)21-12-14-11-20(8-7-15(14)21)18(23)10-19-27(2,24)25/h3-6,14-15,19H,7-12H2,1-2H3/t14-,15-/m0/s1. The molecule has 0 aromatic heterocycles. The lowest BCUT2D eigenvalue weighted by Crippen LogP contribution is -2.66. The molecule has 0 unspecified atom stereocenters. The zero-order valence-corrected chi connectivity index (χ0v) is 16.4. The molecular weight excluding hydrogens is 370 g/mol. The molecule has 1 aromatic carbocycles. The maximum atomic E-state index is 12.7. The molecule has 3 rings (SSSR count). The first kappa shape index (κ1) is 19.6. The molecule has 0 radical (unpaired) electrons. The highest BCUT2D eigenvalue weighted by atomic mass is 32.2. The zero-order chi connectivity index (χ0) is 19.6. The third-order valence-corrected chi connectivity index (χ3v) is 5.89. The lowest BCUT2D eigenvalue weighted by Gasteiger charge is -2.53. The Balaban J connectivity index is 1.52. The average Bonchev–Trinajstić information content (AvgIpc) is 2.60. The second kappa shape index (κ2) is 7.85. The molecule has 2 aliphatic heterocycles. The molecule has 0 spiro atoms. The fourth-order valence-electron chi connectivity index (χ4n) is 3.79. The van der Waals surface area contributed by atoms with E-state index in [0.717, 1.165) is 11.8 Å². The third-order valence-electron chi connectivity index (χ3n) is 5.22. The highest BCUT2D eigenvalue weighted by Gasteiger charge is 2.45. The van der Waals surface area contributed by atoms with Gasteiger partial charge in [-0.2, -0.15) is 0 Å². The number of sulfonamides is 1. The number of amides is 2. The van der Waals surface area contributed by atoms with Crippen molar-refractivity contribution >= 4 is 21.8 Å². The fraction of sp³-hybridized carbons (Fsp3) is 0.556. The van der Waals surface area contributed by atoms with Crippen LogP contribution in [0.5, 0.6) is 5.75 Å². The first-order valence-electron chi connectivity index (χ1n) is 8.92. The molecular formula is C18H25N3O5S. The van der Waals surface area contributed by atoms with Gasteiger partial charge in [0.2, 0.25) is 21.8 Å². The number of nitrogens with zero attached hydrogens (tertiary/aromatic N) is 2. The molecule has 2 fully saturated rings. The number of para-hydroxylation sites is 1. The van der Waals surface area contributed by atoms with Crippen LogP contribution in [0.15, 0.2) is 24.3 Å². The Bertz CT molecular complexity index is 826. The van der Waals surface area contributed by atoms with Crippen molar-refractivity contribution in [3.63, 3.8) is 0 Å². The molecule has 1 N–H and O–H groups in total. The molecule has 2 amide bonds. The number of hydrogen-bond donors (Lipinski definition) is 1. The van der Waals surface area contributed by atoms with Crippen molar-refractivity contribution in [1.29, 1.82) is 0 Å². The molecule has 2 saturated heterocycles. The minimum atomic E-state index is -3.38. The number of nitrogens with one attached hydrogen (secondary N) is 1. The summed E-state index contributed by atoms with van der Waals surface area (Å²) < 4.78 is 29.8. The summed E-state index contributed by atoms with van der Waals surface area (Å²) in [5, 5.41) is 0. The van der Waals surface area contributed by atoms with E-state index in [1.54, 1.807) is 12.0 Å². The van der Waals surface area contributed by atoms with Crippen LogP contribution in [0.3, 0.4) is 0 Å². The lowest BCUT2D eigenvalue weighted by molar-refractivity contribution is -0.150. The highest BCUT2D eigenvalue weighted by molar-refractivity contribution is 7.88. The van der Waals surface area contributed by atoms with Gasteiger partial charge < -0.3 is 14.5 Å². The van der Waals surface area contributed by atoms with Gasteiger partial charge in [0, 0.05) is 37.2 Å². The molecule has 2 heterocycles. The number of methoxy groups -OCH3 is 1. The minimum Gasteiger partial charge on any atom is -0.496 e. The number of carbonyl (C=O) groups excluding carboxylic acids is 2.